The van der Waals surface area contributed by atoms with E-state index in [-0.39, 0.29) is 5.57 Å². The Bertz CT molecular complexity index is 691. The van der Waals surface area contributed by atoms with Gasteiger partial charge in [0.2, 0.25) is 0 Å². The van der Waals surface area contributed by atoms with Crippen molar-refractivity contribution in [2.75, 3.05) is 0 Å². The van der Waals surface area contributed by atoms with E-state index in [0.29, 0.717) is 22.6 Å². The minimum absolute atomic E-state index is 0.245. The molecule has 0 heterocycles. The summed E-state index contributed by atoms with van der Waals surface area (Å²) in [7, 11) is 0. The van der Waals surface area contributed by atoms with Crippen molar-refractivity contribution in [1.82, 2.24) is 0 Å². The maximum absolute atomic E-state index is 9.24. The Balaban J connectivity index is 2.45. The van der Waals surface area contributed by atoms with Crippen LogP contribution in [0.1, 0.15) is 11.1 Å². The summed E-state index contributed by atoms with van der Waals surface area (Å²) in [5.74, 6) is 1.06. The third kappa shape index (κ3) is 2.62. The Kier molecular flexibility index (Phi) is 3.61. The second-order valence-electron chi connectivity index (χ2n) is 3.80. The third-order valence-electron chi connectivity index (χ3n) is 2.57. The van der Waals surface area contributed by atoms with E-state index in [9.17, 15) is 5.26 Å². The molecule has 0 aromatic heterocycles. The summed E-state index contributed by atoms with van der Waals surface area (Å²) in [6.07, 6.45) is 0. The maximum Gasteiger partial charge on any atom is 0.145 e. The molecule has 0 aliphatic heterocycles. The number of ether oxygens (including phenoxy) is 1. The zero-order chi connectivity index (χ0) is 13.7. The third-order valence-corrected chi connectivity index (χ3v) is 2.57. The van der Waals surface area contributed by atoms with Gasteiger partial charge in [-0.3, -0.25) is 0 Å². The normalized spacial score (nSPS) is 9.16. The standard InChI is InChI=1S/C16H10N2O/c1-12(10-17)14-8-5-9-16(15(14)11-18)19-13-6-3-2-4-7-13/h2-9H,1H2. The summed E-state index contributed by atoms with van der Waals surface area (Å²) in [4.78, 5) is 0. The van der Waals surface area contributed by atoms with E-state index in [2.05, 4.69) is 12.6 Å². The van der Waals surface area contributed by atoms with Gasteiger partial charge in [-0.1, -0.05) is 36.9 Å². The molecule has 90 valence electrons. The molecule has 0 fully saturated rings. The van der Waals surface area contributed by atoms with Crippen LogP contribution in [0.2, 0.25) is 0 Å². The lowest BCUT2D eigenvalue weighted by atomic mass is 10.0. The second kappa shape index (κ2) is 5.53. The van der Waals surface area contributed by atoms with Gasteiger partial charge in [0.25, 0.3) is 0 Å². The van der Waals surface area contributed by atoms with Crippen molar-refractivity contribution >= 4 is 5.57 Å². The van der Waals surface area contributed by atoms with Crippen LogP contribution in [0.5, 0.6) is 11.5 Å². The fraction of sp³-hybridized carbons (Fsp3) is 0. The highest BCUT2D eigenvalue weighted by atomic mass is 16.5. The van der Waals surface area contributed by atoms with E-state index in [4.69, 9.17) is 10.00 Å². The largest absolute Gasteiger partial charge is 0.456 e. The molecule has 0 aliphatic rings. The van der Waals surface area contributed by atoms with E-state index in [1.54, 1.807) is 30.3 Å². The fourth-order valence-electron chi connectivity index (χ4n) is 1.66. The van der Waals surface area contributed by atoms with Crippen LogP contribution >= 0.6 is 0 Å². The summed E-state index contributed by atoms with van der Waals surface area (Å²) in [5, 5.41) is 18.1. The Hall–Kier alpha value is -3.04. The molecule has 0 saturated carbocycles. The smallest absolute Gasteiger partial charge is 0.145 e. The van der Waals surface area contributed by atoms with Crippen molar-refractivity contribution in [3.05, 3.63) is 66.2 Å². The Labute approximate surface area is 111 Å². The minimum atomic E-state index is 0.245. The van der Waals surface area contributed by atoms with Crippen LogP contribution in [0.3, 0.4) is 0 Å². The number of nitriles is 2. The summed E-state index contributed by atoms with van der Waals surface area (Å²) < 4.78 is 5.66. The van der Waals surface area contributed by atoms with Gasteiger partial charge in [-0.15, -0.1) is 0 Å². The van der Waals surface area contributed by atoms with Crippen LogP contribution < -0.4 is 4.74 Å². The highest BCUT2D eigenvalue weighted by molar-refractivity contribution is 5.79. The summed E-state index contributed by atoms with van der Waals surface area (Å²) in [6, 6.07) is 18.3. The van der Waals surface area contributed by atoms with Gasteiger partial charge in [-0.05, 0) is 18.2 Å². The predicted octanol–water partition coefficient (Wildman–Crippen LogP) is 3.89. The quantitative estimate of drug-likeness (QED) is 0.772. The van der Waals surface area contributed by atoms with Crippen molar-refractivity contribution in [3.63, 3.8) is 0 Å². The van der Waals surface area contributed by atoms with E-state index < -0.39 is 0 Å². The van der Waals surface area contributed by atoms with Crippen LogP contribution in [0, 0.1) is 22.7 Å². The molecule has 0 saturated heterocycles. The van der Waals surface area contributed by atoms with Crippen LogP contribution in [-0.2, 0) is 0 Å². The molecule has 0 aliphatic carbocycles. The molecule has 19 heavy (non-hydrogen) atoms. The molecule has 0 bridgehead atoms. The van der Waals surface area contributed by atoms with Crippen LogP contribution in [0.25, 0.3) is 5.57 Å². The average Bonchev–Trinajstić information content (AvgIpc) is 2.47. The van der Waals surface area contributed by atoms with Crippen LogP contribution in [-0.4, -0.2) is 0 Å². The maximum atomic E-state index is 9.24. The molecule has 3 nitrogen and oxygen atoms in total. The Morgan fingerprint density at radius 2 is 1.74 bits per heavy atom. The number of benzene rings is 2. The molecular weight excluding hydrogens is 236 g/mol. The molecule has 0 unspecified atom stereocenters. The first-order valence-electron chi connectivity index (χ1n) is 5.61. The molecule has 3 heteroatoms. The van der Waals surface area contributed by atoms with E-state index in [1.165, 1.54) is 0 Å². The van der Waals surface area contributed by atoms with Crippen LogP contribution in [0.15, 0.2) is 55.1 Å². The monoisotopic (exact) mass is 246 g/mol. The summed E-state index contributed by atoms with van der Waals surface area (Å²) >= 11 is 0. The second-order valence-corrected chi connectivity index (χ2v) is 3.80. The lowest BCUT2D eigenvalue weighted by molar-refractivity contribution is 0.481. The van der Waals surface area contributed by atoms with Crippen molar-refractivity contribution < 1.29 is 4.74 Å². The van der Waals surface area contributed by atoms with Gasteiger partial charge in [0.05, 0.1) is 11.6 Å². The van der Waals surface area contributed by atoms with E-state index in [1.807, 2.05) is 24.3 Å². The minimum Gasteiger partial charge on any atom is -0.456 e. The average molecular weight is 246 g/mol. The van der Waals surface area contributed by atoms with Crippen LogP contribution in [0.4, 0.5) is 0 Å². The van der Waals surface area contributed by atoms with Crippen molar-refractivity contribution in [2.45, 2.75) is 0 Å². The van der Waals surface area contributed by atoms with Gasteiger partial charge in [-0.2, -0.15) is 10.5 Å². The fourth-order valence-corrected chi connectivity index (χ4v) is 1.66. The topological polar surface area (TPSA) is 56.8 Å². The molecule has 0 atom stereocenters. The lowest BCUT2D eigenvalue weighted by Crippen LogP contribution is -1.93. The number of nitrogens with zero attached hydrogens (tertiary/aromatic N) is 2. The molecule has 2 aromatic carbocycles. The van der Waals surface area contributed by atoms with E-state index in [0.717, 1.165) is 0 Å². The zero-order valence-corrected chi connectivity index (χ0v) is 10.1. The number of allylic oxidation sites excluding steroid dienone is 1. The first-order chi connectivity index (χ1) is 9.26. The number of para-hydroxylation sites is 1. The number of hydrogen-bond donors (Lipinski definition) is 0. The molecule has 0 amide bonds. The van der Waals surface area contributed by atoms with Gasteiger partial charge in [-0.25, -0.2) is 0 Å². The predicted molar refractivity (Wildman–Crippen MR) is 72.3 cm³/mol. The molecule has 0 radical (unpaired) electrons. The summed E-state index contributed by atoms with van der Waals surface area (Å²) in [5.41, 5.74) is 1.06. The highest BCUT2D eigenvalue weighted by Crippen LogP contribution is 2.29. The molecule has 2 aromatic rings. The van der Waals surface area contributed by atoms with Gasteiger partial charge in [0.15, 0.2) is 0 Å². The van der Waals surface area contributed by atoms with Gasteiger partial charge in [0, 0.05) is 5.56 Å². The Morgan fingerprint density at radius 1 is 1.00 bits per heavy atom. The van der Waals surface area contributed by atoms with E-state index >= 15 is 0 Å². The number of hydrogen-bond acceptors (Lipinski definition) is 3. The van der Waals surface area contributed by atoms with Gasteiger partial charge < -0.3 is 4.74 Å². The first kappa shape index (κ1) is 12.4. The highest BCUT2D eigenvalue weighted by Gasteiger charge is 2.12. The van der Waals surface area contributed by atoms with Crippen molar-refractivity contribution in [2.24, 2.45) is 0 Å². The number of rotatable bonds is 3. The van der Waals surface area contributed by atoms with Gasteiger partial charge in [0.1, 0.15) is 23.1 Å². The molecular formula is C16H10N2O. The molecule has 0 spiro atoms. The summed E-state index contributed by atoms with van der Waals surface area (Å²) in [6.45, 7) is 3.63. The molecule has 2 rings (SSSR count). The van der Waals surface area contributed by atoms with Crippen molar-refractivity contribution in [1.29, 1.82) is 10.5 Å². The SMILES string of the molecule is C=C(C#N)c1cccc(Oc2ccccc2)c1C#N. The first-order valence-corrected chi connectivity index (χ1v) is 5.61. The van der Waals surface area contributed by atoms with Crippen molar-refractivity contribution in [3.8, 4) is 23.6 Å². The molecule has 0 N–H and O–H groups in total. The lowest BCUT2D eigenvalue weighted by Gasteiger charge is -2.09. The van der Waals surface area contributed by atoms with Gasteiger partial charge >= 0.3 is 0 Å². The Morgan fingerprint density at radius 3 is 2.37 bits per heavy atom. The zero-order valence-electron chi connectivity index (χ0n) is 10.1.